The Labute approximate surface area is 147 Å². The van der Waals surface area contributed by atoms with Gasteiger partial charge in [0.1, 0.15) is 18.1 Å². The highest BCUT2D eigenvalue weighted by Crippen LogP contribution is 2.36. The molecule has 3 rings (SSSR count). The van der Waals surface area contributed by atoms with Crippen LogP contribution in [0.15, 0.2) is 40.9 Å². The second-order valence-electron chi connectivity index (χ2n) is 5.20. The van der Waals surface area contributed by atoms with Crippen LogP contribution in [0.2, 0.25) is 5.02 Å². The predicted octanol–water partition coefficient (Wildman–Crippen LogP) is 4.01. The summed E-state index contributed by atoms with van der Waals surface area (Å²) in [5.74, 6) is 0.344. The van der Waals surface area contributed by atoms with Gasteiger partial charge in [0.2, 0.25) is 0 Å². The van der Waals surface area contributed by atoms with Crippen LogP contribution in [-0.4, -0.2) is 24.2 Å². The molecule has 6 heteroatoms. The zero-order valence-electron chi connectivity index (χ0n) is 12.3. The van der Waals surface area contributed by atoms with Crippen LogP contribution in [0.1, 0.15) is 27.5 Å². The van der Waals surface area contributed by atoms with Crippen molar-refractivity contribution in [3.8, 4) is 5.75 Å². The van der Waals surface area contributed by atoms with E-state index in [1.54, 1.807) is 24.3 Å². The molecule has 1 atom stereocenters. The van der Waals surface area contributed by atoms with E-state index in [4.69, 9.17) is 16.3 Å². The van der Waals surface area contributed by atoms with Crippen molar-refractivity contribution in [2.75, 3.05) is 7.11 Å². The molecule has 0 saturated carbocycles. The van der Waals surface area contributed by atoms with E-state index in [0.29, 0.717) is 28.4 Å². The van der Waals surface area contributed by atoms with Crippen LogP contribution >= 0.6 is 27.5 Å². The van der Waals surface area contributed by atoms with Gasteiger partial charge in [0.25, 0.3) is 5.91 Å². The molecule has 1 aliphatic heterocycles. The average Bonchev–Trinajstić information content (AvgIpc) is 2.85. The SMILES string of the molecule is COc1ccc(Cl)cc1C(C=O)N1Cc2ccc(Br)cc2C1=O. The summed E-state index contributed by atoms with van der Waals surface area (Å²) in [6.45, 7) is 0.376. The van der Waals surface area contributed by atoms with E-state index >= 15 is 0 Å². The molecule has 0 bridgehead atoms. The van der Waals surface area contributed by atoms with Crippen LogP contribution in [0, 0.1) is 0 Å². The summed E-state index contributed by atoms with van der Waals surface area (Å²) in [6, 6.07) is 9.82. The standard InChI is InChI=1S/C17H13BrClNO3/c1-23-16-5-4-12(19)7-14(16)15(9-21)20-8-10-2-3-11(18)6-13(10)17(20)22/h2-7,9,15H,8H2,1H3. The molecule has 2 aromatic rings. The molecule has 1 unspecified atom stereocenters. The van der Waals surface area contributed by atoms with Crippen molar-refractivity contribution in [1.29, 1.82) is 0 Å². The molecule has 1 aliphatic rings. The first-order valence-corrected chi connectivity index (χ1v) is 8.10. The van der Waals surface area contributed by atoms with Gasteiger partial charge in [-0.3, -0.25) is 4.79 Å². The predicted molar refractivity (Wildman–Crippen MR) is 90.8 cm³/mol. The van der Waals surface area contributed by atoms with E-state index in [2.05, 4.69) is 15.9 Å². The van der Waals surface area contributed by atoms with Gasteiger partial charge in [-0.15, -0.1) is 0 Å². The molecule has 0 fully saturated rings. The van der Waals surface area contributed by atoms with Crippen LogP contribution in [0.3, 0.4) is 0 Å². The van der Waals surface area contributed by atoms with Crippen molar-refractivity contribution in [2.45, 2.75) is 12.6 Å². The number of nitrogens with zero attached hydrogens (tertiary/aromatic N) is 1. The van der Waals surface area contributed by atoms with E-state index in [9.17, 15) is 9.59 Å². The molecule has 0 aliphatic carbocycles. The smallest absolute Gasteiger partial charge is 0.255 e. The molecule has 0 N–H and O–H groups in total. The zero-order chi connectivity index (χ0) is 16.6. The van der Waals surface area contributed by atoms with Gasteiger partial charge in [-0.05, 0) is 35.9 Å². The first kappa shape index (κ1) is 16.0. The van der Waals surface area contributed by atoms with Crippen LogP contribution in [0.5, 0.6) is 5.75 Å². The summed E-state index contributed by atoms with van der Waals surface area (Å²) in [5, 5.41) is 0.486. The number of rotatable bonds is 4. The highest BCUT2D eigenvalue weighted by molar-refractivity contribution is 9.10. The van der Waals surface area contributed by atoms with Crippen molar-refractivity contribution in [1.82, 2.24) is 4.90 Å². The maximum absolute atomic E-state index is 12.7. The third kappa shape index (κ3) is 2.86. The lowest BCUT2D eigenvalue weighted by Gasteiger charge is -2.25. The fourth-order valence-corrected chi connectivity index (χ4v) is 3.31. The Kier molecular flexibility index (Phi) is 4.41. The molecular weight excluding hydrogens is 382 g/mol. The lowest BCUT2D eigenvalue weighted by atomic mass is 10.1. The van der Waals surface area contributed by atoms with E-state index in [-0.39, 0.29) is 5.91 Å². The van der Waals surface area contributed by atoms with E-state index in [1.807, 2.05) is 12.1 Å². The number of halogens is 2. The minimum absolute atomic E-state index is 0.180. The summed E-state index contributed by atoms with van der Waals surface area (Å²) in [6.07, 6.45) is 0.743. The number of benzene rings is 2. The van der Waals surface area contributed by atoms with Crippen LogP contribution < -0.4 is 4.74 Å². The summed E-state index contributed by atoms with van der Waals surface area (Å²) in [7, 11) is 1.52. The van der Waals surface area contributed by atoms with E-state index in [1.165, 1.54) is 12.0 Å². The van der Waals surface area contributed by atoms with Crippen molar-refractivity contribution < 1.29 is 14.3 Å². The van der Waals surface area contributed by atoms with Gasteiger partial charge in [-0.1, -0.05) is 33.6 Å². The Morgan fingerprint density at radius 2 is 2.09 bits per heavy atom. The van der Waals surface area contributed by atoms with Crippen molar-refractivity contribution >= 4 is 39.7 Å². The second kappa shape index (κ2) is 6.34. The number of aldehydes is 1. The summed E-state index contributed by atoms with van der Waals surface area (Å²) < 4.78 is 6.14. The Hall–Kier alpha value is -1.85. The molecule has 0 saturated heterocycles. The number of fused-ring (bicyclic) bond motifs is 1. The second-order valence-corrected chi connectivity index (χ2v) is 6.55. The third-order valence-electron chi connectivity index (χ3n) is 3.88. The van der Waals surface area contributed by atoms with Crippen LogP contribution in [-0.2, 0) is 11.3 Å². The lowest BCUT2D eigenvalue weighted by Crippen LogP contribution is -2.30. The molecule has 118 valence electrons. The minimum Gasteiger partial charge on any atom is -0.496 e. The van der Waals surface area contributed by atoms with Crippen molar-refractivity contribution in [3.05, 3.63) is 62.6 Å². The minimum atomic E-state index is -0.748. The number of hydrogen-bond donors (Lipinski definition) is 0. The normalized spacial score (nSPS) is 14.6. The number of amides is 1. The maximum atomic E-state index is 12.7. The number of hydrogen-bond acceptors (Lipinski definition) is 3. The molecule has 23 heavy (non-hydrogen) atoms. The number of ether oxygens (including phenoxy) is 1. The molecule has 2 aromatic carbocycles. The Balaban J connectivity index is 2.02. The van der Waals surface area contributed by atoms with Gasteiger partial charge in [0.05, 0.1) is 7.11 Å². The van der Waals surface area contributed by atoms with Crippen LogP contribution in [0.25, 0.3) is 0 Å². The van der Waals surface area contributed by atoms with E-state index in [0.717, 1.165) is 16.3 Å². The van der Waals surface area contributed by atoms with Gasteiger partial charge in [-0.2, -0.15) is 0 Å². The van der Waals surface area contributed by atoms with Gasteiger partial charge in [0.15, 0.2) is 0 Å². The van der Waals surface area contributed by atoms with Gasteiger partial charge in [-0.25, -0.2) is 0 Å². The average molecular weight is 395 g/mol. The fraction of sp³-hybridized carbons (Fsp3) is 0.176. The highest BCUT2D eigenvalue weighted by Gasteiger charge is 2.34. The van der Waals surface area contributed by atoms with Gasteiger partial charge >= 0.3 is 0 Å². The monoisotopic (exact) mass is 393 g/mol. The Morgan fingerprint density at radius 1 is 1.30 bits per heavy atom. The summed E-state index contributed by atoms with van der Waals surface area (Å²) in [5.41, 5.74) is 2.08. The Bertz CT molecular complexity index is 793. The molecule has 0 spiro atoms. The first-order chi connectivity index (χ1) is 11.0. The highest BCUT2D eigenvalue weighted by atomic mass is 79.9. The largest absolute Gasteiger partial charge is 0.496 e. The van der Waals surface area contributed by atoms with Crippen LogP contribution in [0.4, 0.5) is 0 Å². The summed E-state index contributed by atoms with van der Waals surface area (Å²) >= 11 is 9.41. The van der Waals surface area contributed by atoms with E-state index < -0.39 is 6.04 Å². The molecular formula is C17H13BrClNO3. The quantitative estimate of drug-likeness (QED) is 0.736. The van der Waals surface area contributed by atoms with Crippen molar-refractivity contribution in [3.63, 3.8) is 0 Å². The fourth-order valence-electron chi connectivity index (χ4n) is 2.77. The molecule has 1 amide bonds. The topological polar surface area (TPSA) is 46.6 Å². The third-order valence-corrected chi connectivity index (χ3v) is 4.61. The zero-order valence-corrected chi connectivity index (χ0v) is 14.6. The van der Waals surface area contributed by atoms with Crippen molar-refractivity contribution in [2.24, 2.45) is 0 Å². The van der Waals surface area contributed by atoms with Gasteiger partial charge < -0.3 is 14.4 Å². The molecule has 0 aromatic heterocycles. The summed E-state index contributed by atoms with van der Waals surface area (Å²) in [4.78, 5) is 25.9. The number of carbonyl (C=O) groups is 2. The molecule has 1 heterocycles. The van der Waals surface area contributed by atoms with Gasteiger partial charge in [0, 0.05) is 27.2 Å². The molecule has 4 nitrogen and oxygen atoms in total. The number of carbonyl (C=O) groups excluding carboxylic acids is 2. The number of methoxy groups -OCH3 is 1. The molecule has 0 radical (unpaired) electrons. The first-order valence-electron chi connectivity index (χ1n) is 6.93. The Morgan fingerprint density at radius 3 is 2.78 bits per heavy atom. The lowest BCUT2D eigenvalue weighted by molar-refractivity contribution is -0.112. The maximum Gasteiger partial charge on any atom is 0.255 e.